The molecule has 1 aliphatic heterocycles. The number of amides is 1. The van der Waals surface area contributed by atoms with E-state index in [0.29, 0.717) is 43.1 Å². The number of methoxy groups -OCH3 is 1. The summed E-state index contributed by atoms with van der Waals surface area (Å²) in [6.07, 6.45) is 8.32. The molecule has 3 atom stereocenters. The standard InChI is InChI=1S/C26H44N4O5S/c1-19-15-20(17-22(16-19)27-26(31)24-18-25(35-28-24)21-5-6-21)9-14-36(32,33)30-11-7-23(8-12-30)29(2)10-4-13-34-3/h18-23H,4-17H2,1-3H3,(H,27,31)/t19-,20+,22-/m1/s1. The Bertz CT molecular complexity index is 955. The Labute approximate surface area is 216 Å². The van der Waals surface area contributed by atoms with Crippen molar-refractivity contribution in [3.05, 3.63) is 17.5 Å². The van der Waals surface area contributed by atoms with Crippen LogP contribution in [0.4, 0.5) is 0 Å². The van der Waals surface area contributed by atoms with Gasteiger partial charge >= 0.3 is 0 Å². The third-order valence-electron chi connectivity index (χ3n) is 8.20. The van der Waals surface area contributed by atoms with Gasteiger partial charge in [0.2, 0.25) is 10.0 Å². The topological polar surface area (TPSA) is 105 Å². The number of hydrogen-bond donors (Lipinski definition) is 1. The second kappa shape index (κ2) is 12.4. The van der Waals surface area contributed by atoms with E-state index < -0.39 is 10.0 Å². The molecule has 3 fully saturated rings. The first-order chi connectivity index (χ1) is 17.2. The molecule has 0 unspecified atom stereocenters. The minimum absolute atomic E-state index is 0.0411. The number of carbonyl (C=O) groups excluding carboxylic acids is 1. The summed E-state index contributed by atoms with van der Waals surface area (Å²) < 4.78 is 38.4. The average Bonchev–Trinajstić information content (AvgIpc) is 3.58. The van der Waals surface area contributed by atoms with Crippen molar-refractivity contribution in [1.29, 1.82) is 0 Å². The van der Waals surface area contributed by atoms with E-state index in [2.05, 4.69) is 29.3 Å². The van der Waals surface area contributed by atoms with Gasteiger partial charge in [-0.1, -0.05) is 12.1 Å². The minimum atomic E-state index is -3.27. The van der Waals surface area contributed by atoms with Gasteiger partial charge in [-0.15, -0.1) is 0 Å². The fourth-order valence-electron chi connectivity index (χ4n) is 5.96. The maximum Gasteiger partial charge on any atom is 0.273 e. The molecule has 1 amide bonds. The van der Waals surface area contributed by atoms with Crippen molar-refractivity contribution in [2.75, 3.05) is 46.2 Å². The summed E-state index contributed by atoms with van der Waals surface area (Å²) in [5, 5.41) is 7.08. The normalized spacial score (nSPS) is 26.4. The Balaban J connectivity index is 1.22. The predicted octanol–water partition coefficient (Wildman–Crippen LogP) is 3.24. The van der Waals surface area contributed by atoms with Crippen LogP contribution < -0.4 is 5.32 Å². The lowest BCUT2D eigenvalue weighted by molar-refractivity contribution is 0.0898. The molecule has 2 heterocycles. The lowest BCUT2D eigenvalue weighted by Gasteiger charge is -2.37. The number of ether oxygens (including phenoxy) is 1. The lowest BCUT2D eigenvalue weighted by atomic mass is 9.78. The molecular formula is C26H44N4O5S. The van der Waals surface area contributed by atoms with Gasteiger partial charge in [0.25, 0.3) is 5.91 Å². The van der Waals surface area contributed by atoms with Gasteiger partial charge in [0.15, 0.2) is 5.69 Å². The molecule has 0 radical (unpaired) electrons. The number of nitrogens with zero attached hydrogens (tertiary/aromatic N) is 3. The number of carbonyl (C=O) groups is 1. The molecule has 0 spiro atoms. The van der Waals surface area contributed by atoms with Crippen LogP contribution in [0.15, 0.2) is 10.6 Å². The second-order valence-corrected chi connectivity index (χ2v) is 13.4. The first-order valence-corrected chi connectivity index (χ1v) is 15.3. The highest BCUT2D eigenvalue weighted by molar-refractivity contribution is 7.89. The van der Waals surface area contributed by atoms with Gasteiger partial charge in [-0.05, 0) is 76.7 Å². The first kappa shape index (κ1) is 27.5. The van der Waals surface area contributed by atoms with Crippen LogP contribution in [-0.2, 0) is 14.8 Å². The van der Waals surface area contributed by atoms with Gasteiger partial charge in [-0.25, -0.2) is 12.7 Å². The summed E-state index contributed by atoms with van der Waals surface area (Å²) in [7, 11) is 0.574. The third kappa shape index (κ3) is 7.52. The summed E-state index contributed by atoms with van der Waals surface area (Å²) in [6.45, 7) is 5.11. The number of hydrogen-bond acceptors (Lipinski definition) is 7. The second-order valence-electron chi connectivity index (χ2n) is 11.3. The van der Waals surface area contributed by atoms with Crippen LogP contribution in [0.3, 0.4) is 0 Å². The highest BCUT2D eigenvalue weighted by Gasteiger charge is 2.33. The monoisotopic (exact) mass is 524 g/mol. The molecule has 2 saturated carbocycles. The van der Waals surface area contributed by atoms with Crippen LogP contribution in [0.5, 0.6) is 0 Å². The predicted molar refractivity (Wildman–Crippen MR) is 138 cm³/mol. The number of aromatic nitrogens is 1. The van der Waals surface area contributed by atoms with E-state index in [1.165, 1.54) is 0 Å². The highest BCUT2D eigenvalue weighted by atomic mass is 32.2. The van der Waals surface area contributed by atoms with Gasteiger partial charge in [-0.2, -0.15) is 0 Å². The van der Waals surface area contributed by atoms with Crippen LogP contribution >= 0.6 is 0 Å². The molecule has 36 heavy (non-hydrogen) atoms. The van der Waals surface area contributed by atoms with Crippen molar-refractivity contribution < 1.29 is 22.5 Å². The molecular weight excluding hydrogens is 480 g/mol. The van der Waals surface area contributed by atoms with E-state index in [-0.39, 0.29) is 23.6 Å². The number of nitrogens with one attached hydrogen (secondary N) is 1. The summed E-state index contributed by atoms with van der Waals surface area (Å²) in [4.78, 5) is 15.0. The van der Waals surface area contributed by atoms with Gasteiger partial charge in [0, 0.05) is 57.4 Å². The maximum atomic E-state index is 13.1. The Hall–Kier alpha value is -1.49. The van der Waals surface area contributed by atoms with Crippen molar-refractivity contribution in [2.45, 2.75) is 82.7 Å². The van der Waals surface area contributed by atoms with Crippen molar-refractivity contribution >= 4 is 15.9 Å². The zero-order chi connectivity index (χ0) is 25.7. The van der Waals surface area contributed by atoms with E-state index >= 15 is 0 Å². The van der Waals surface area contributed by atoms with E-state index in [4.69, 9.17) is 9.26 Å². The molecule has 0 bridgehead atoms. The smallest absolute Gasteiger partial charge is 0.273 e. The molecule has 3 aliphatic rings. The largest absolute Gasteiger partial charge is 0.385 e. The van der Waals surface area contributed by atoms with Crippen LogP contribution in [0.2, 0.25) is 0 Å². The molecule has 10 heteroatoms. The molecule has 0 aromatic carbocycles. The molecule has 1 saturated heterocycles. The fraction of sp³-hybridized carbons (Fsp3) is 0.846. The van der Waals surface area contributed by atoms with Crippen LogP contribution in [-0.4, -0.2) is 86.9 Å². The van der Waals surface area contributed by atoms with E-state index in [1.807, 2.05) is 0 Å². The van der Waals surface area contributed by atoms with Crippen LogP contribution in [0, 0.1) is 11.8 Å². The average molecular weight is 525 g/mol. The van der Waals surface area contributed by atoms with E-state index in [9.17, 15) is 13.2 Å². The van der Waals surface area contributed by atoms with Crippen LogP contribution in [0.1, 0.15) is 86.9 Å². The first-order valence-electron chi connectivity index (χ1n) is 13.7. The molecule has 1 aromatic heterocycles. The quantitative estimate of drug-likeness (QED) is 0.419. The summed E-state index contributed by atoms with van der Waals surface area (Å²) >= 11 is 0. The fourth-order valence-corrected chi connectivity index (χ4v) is 7.62. The van der Waals surface area contributed by atoms with Crippen molar-refractivity contribution in [2.24, 2.45) is 11.8 Å². The third-order valence-corrected chi connectivity index (χ3v) is 10.1. The Morgan fingerprint density at radius 3 is 2.67 bits per heavy atom. The molecule has 1 N–H and O–H groups in total. The summed E-state index contributed by atoms with van der Waals surface area (Å²) in [5.74, 6) is 1.96. The van der Waals surface area contributed by atoms with Gasteiger partial charge in [-0.3, -0.25) is 4.79 Å². The zero-order valence-electron chi connectivity index (χ0n) is 22.2. The van der Waals surface area contributed by atoms with Crippen molar-refractivity contribution in [3.63, 3.8) is 0 Å². The summed E-state index contributed by atoms with van der Waals surface area (Å²) in [6, 6.07) is 2.24. The summed E-state index contributed by atoms with van der Waals surface area (Å²) in [5.41, 5.74) is 0.349. The van der Waals surface area contributed by atoms with Gasteiger partial charge in [0.1, 0.15) is 5.76 Å². The number of rotatable bonds is 12. The van der Waals surface area contributed by atoms with Gasteiger partial charge in [0.05, 0.1) is 5.75 Å². The molecule has 4 rings (SSSR count). The number of sulfonamides is 1. The molecule has 204 valence electrons. The van der Waals surface area contributed by atoms with E-state index in [1.54, 1.807) is 17.5 Å². The molecule has 1 aromatic rings. The van der Waals surface area contributed by atoms with Gasteiger partial charge < -0.3 is 19.5 Å². The lowest BCUT2D eigenvalue weighted by Crippen LogP contribution is -2.46. The van der Waals surface area contributed by atoms with Crippen molar-refractivity contribution in [1.82, 2.24) is 19.7 Å². The number of piperidine rings is 1. The van der Waals surface area contributed by atoms with Crippen LogP contribution in [0.25, 0.3) is 0 Å². The zero-order valence-corrected chi connectivity index (χ0v) is 23.0. The Morgan fingerprint density at radius 2 is 1.97 bits per heavy atom. The minimum Gasteiger partial charge on any atom is -0.385 e. The van der Waals surface area contributed by atoms with Crippen molar-refractivity contribution in [3.8, 4) is 0 Å². The molecule has 2 aliphatic carbocycles. The highest BCUT2D eigenvalue weighted by Crippen LogP contribution is 2.40. The molecule has 9 nitrogen and oxygen atoms in total. The Morgan fingerprint density at radius 1 is 1.22 bits per heavy atom. The SMILES string of the molecule is COCCCN(C)C1CCN(S(=O)(=O)CC[C@H]2C[C@@H](C)C[C@@H](NC(=O)c3cc(C4CC4)on3)C2)CC1. The maximum absolute atomic E-state index is 13.1. The Kier molecular flexibility index (Phi) is 9.46. The van der Waals surface area contributed by atoms with E-state index in [0.717, 1.165) is 70.3 Å².